The fourth-order valence-electron chi connectivity index (χ4n) is 2.12. The SMILES string of the molecule is CC(=O)NC1CCCCN1C(=O)C(=O)c1nccs1. The van der Waals surface area contributed by atoms with Crippen LogP contribution in [0.1, 0.15) is 36.0 Å². The van der Waals surface area contributed by atoms with Gasteiger partial charge in [-0.1, -0.05) is 0 Å². The van der Waals surface area contributed by atoms with Gasteiger partial charge in [-0.3, -0.25) is 14.4 Å². The standard InChI is InChI=1S/C12H15N3O3S/c1-8(16)14-9-4-2-3-6-15(9)12(18)10(17)11-13-5-7-19-11/h5,7,9H,2-4,6H2,1H3,(H,14,16). The predicted octanol–water partition coefficient (Wildman–Crippen LogP) is 0.800. The number of rotatable bonds is 3. The maximum absolute atomic E-state index is 12.2. The van der Waals surface area contributed by atoms with Crippen molar-refractivity contribution in [2.45, 2.75) is 32.4 Å². The summed E-state index contributed by atoms with van der Waals surface area (Å²) in [5.74, 6) is -1.40. The highest BCUT2D eigenvalue weighted by Crippen LogP contribution is 2.17. The monoisotopic (exact) mass is 281 g/mol. The highest BCUT2D eigenvalue weighted by Gasteiger charge is 2.32. The molecule has 1 aliphatic rings. The Balaban J connectivity index is 2.11. The van der Waals surface area contributed by atoms with E-state index >= 15 is 0 Å². The third kappa shape index (κ3) is 3.17. The number of likely N-dealkylation sites (tertiary alicyclic amines) is 1. The molecule has 0 aromatic carbocycles. The van der Waals surface area contributed by atoms with Gasteiger partial charge in [0.25, 0.3) is 11.7 Å². The Labute approximate surface area is 114 Å². The van der Waals surface area contributed by atoms with Gasteiger partial charge in [0.1, 0.15) is 6.17 Å². The number of ketones is 1. The second-order valence-electron chi connectivity index (χ2n) is 4.38. The van der Waals surface area contributed by atoms with Crippen molar-refractivity contribution in [1.82, 2.24) is 15.2 Å². The molecule has 1 aromatic rings. The summed E-state index contributed by atoms with van der Waals surface area (Å²) in [6.45, 7) is 1.89. The van der Waals surface area contributed by atoms with E-state index in [-0.39, 0.29) is 17.1 Å². The molecule has 19 heavy (non-hydrogen) atoms. The quantitative estimate of drug-likeness (QED) is 0.656. The van der Waals surface area contributed by atoms with Gasteiger partial charge in [0.05, 0.1) is 0 Å². The van der Waals surface area contributed by atoms with Crippen molar-refractivity contribution in [3.05, 3.63) is 16.6 Å². The van der Waals surface area contributed by atoms with Gasteiger partial charge in [0, 0.05) is 25.0 Å². The number of hydrogen-bond acceptors (Lipinski definition) is 5. The van der Waals surface area contributed by atoms with Crippen molar-refractivity contribution in [2.24, 2.45) is 0 Å². The lowest BCUT2D eigenvalue weighted by atomic mass is 10.1. The van der Waals surface area contributed by atoms with Gasteiger partial charge in [-0.2, -0.15) is 0 Å². The number of carbonyl (C=O) groups excluding carboxylic acids is 3. The van der Waals surface area contributed by atoms with Crippen LogP contribution in [0.15, 0.2) is 11.6 Å². The topological polar surface area (TPSA) is 79.4 Å². The molecule has 102 valence electrons. The van der Waals surface area contributed by atoms with Gasteiger partial charge in [-0.05, 0) is 19.3 Å². The summed E-state index contributed by atoms with van der Waals surface area (Å²) in [4.78, 5) is 40.6. The molecule has 0 spiro atoms. The fourth-order valence-corrected chi connectivity index (χ4v) is 2.68. The summed E-state index contributed by atoms with van der Waals surface area (Å²) in [7, 11) is 0. The minimum absolute atomic E-state index is 0.192. The van der Waals surface area contributed by atoms with Crippen LogP contribution in [-0.4, -0.2) is 40.2 Å². The summed E-state index contributed by atoms with van der Waals surface area (Å²) in [5.41, 5.74) is 0. The van der Waals surface area contributed by atoms with Crippen molar-refractivity contribution < 1.29 is 14.4 Å². The fraction of sp³-hybridized carbons (Fsp3) is 0.500. The smallest absolute Gasteiger partial charge is 0.299 e. The Morgan fingerprint density at radius 2 is 2.21 bits per heavy atom. The van der Waals surface area contributed by atoms with E-state index in [1.54, 1.807) is 5.38 Å². The average Bonchev–Trinajstić information content (AvgIpc) is 2.91. The van der Waals surface area contributed by atoms with Crippen molar-refractivity contribution in [3.8, 4) is 0 Å². The van der Waals surface area contributed by atoms with Crippen molar-refractivity contribution in [3.63, 3.8) is 0 Å². The molecule has 6 nitrogen and oxygen atoms in total. The molecule has 1 N–H and O–H groups in total. The molecule has 1 unspecified atom stereocenters. The first-order valence-corrected chi connectivity index (χ1v) is 6.99. The van der Waals surface area contributed by atoms with Crippen LogP contribution in [0.5, 0.6) is 0 Å². The Kier molecular flexibility index (Phi) is 4.26. The first-order valence-electron chi connectivity index (χ1n) is 6.11. The van der Waals surface area contributed by atoms with E-state index in [9.17, 15) is 14.4 Å². The van der Waals surface area contributed by atoms with Gasteiger partial charge in [-0.15, -0.1) is 11.3 Å². The molecule has 2 amide bonds. The number of piperidine rings is 1. The van der Waals surface area contributed by atoms with Crippen LogP contribution in [0.2, 0.25) is 0 Å². The van der Waals surface area contributed by atoms with Crippen molar-refractivity contribution in [2.75, 3.05) is 6.54 Å². The number of amides is 2. The summed E-state index contributed by atoms with van der Waals surface area (Å²) < 4.78 is 0. The van der Waals surface area contributed by atoms with Crippen LogP contribution in [0.4, 0.5) is 0 Å². The first-order chi connectivity index (χ1) is 9.09. The van der Waals surface area contributed by atoms with E-state index in [0.717, 1.165) is 24.2 Å². The predicted molar refractivity (Wildman–Crippen MR) is 69.6 cm³/mol. The molecule has 1 fully saturated rings. The molecule has 1 aliphatic heterocycles. The number of thiazole rings is 1. The minimum atomic E-state index is -0.604. The van der Waals surface area contributed by atoms with Gasteiger partial charge in [0.15, 0.2) is 5.01 Å². The molecular formula is C12H15N3O3S. The molecule has 1 saturated heterocycles. The largest absolute Gasteiger partial charge is 0.336 e. The van der Waals surface area contributed by atoms with E-state index in [4.69, 9.17) is 0 Å². The second-order valence-corrected chi connectivity index (χ2v) is 5.27. The van der Waals surface area contributed by atoms with Crippen LogP contribution in [0.25, 0.3) is 0 Å². The van der Waals surface area contributed by atoms with Crippen LogP contribution in [0, 0.1) is 0 Å². The second kappa shape index (κ2) is 5.92. The zero-order valence-electron chi connectivity index (χ0n) is 10.6. The van der Waals surface area contributed by atoms with Gasteiger partial charge in [0.2, 0.25) is 5.91 Å². The third-order valence-electron chi connectivity index (χ3n) is 2.95. The van der Waals surface area contributed by atoms with E-state index in [1.807, 2.05) is 0 Å². The summed E-state index contributed by atoms with van der Waals surface area (Å²) in [6.07, 6.45) is 3.55. The van der Waals surface area contributed by atoms with Gasteiger partial charge < -0.3 is 10.2 Å². The molecule has 0 radical (unpaired) electrons. The molecule has 2 heterocycles. The summed E-state index contributed by atoms with van der Waals surface area (Å²) >= 11 is 1.14. The minimum Gasteiger partial charge on any atom is -0.336 e. The zero-order chi connectivity index (χ0) is 13.8. The Hall–Kier alpha value is -1.76. The highest BCUT2D eigenvalue weighted by atomic mass is 32.1. The molecule has 2 rings (SSSR count). The maximum Gasteiger partial charge on any atom is 0.299 e. The zero-order valence-corrected chi connectivity index (χ0v) is 11.4. The maximum atomic E-state index is 12.2. The summed E-state index contributed by atoms with van der Waals surface area (Å²) in [5, 5.41) is 4.56. The van der Waals surface area contributed by atoms with E-state index in [0.29, 0.717) is 13.0 Å². The molecule has 0 bridgehead atoms. The van der Waals surface area contributed by atoms with E-state index < -0.39 is 11.7 Å². The van der Waals surface area contributed by atoms with Crippen molar-refractivity contribution in [1.29, 1.82) is 0 Å². The Bertz CT molecular complexity index is 486. The van der Waals surface area contributed by atoms with Gasteiger partial charge in [-0.25, -0.2) is 4.98 Å². The number of Topliss-reactive ketones (excluding diaryl/α,β-unsaturated/α-hetero) is 1. The normalized spacial score (nSPS) is 19.0. The molecule has 0 aliphatic carbocycles. The van der Waals surface area contributed by atoms with Crippen LogP contribution >= 0.6 is 11.3 Å². The van der Waals surface area contributed by atoms with E-state index in [2.05, 4.69) is 10.3 Å². The lowest BCUT2D eigenvalue weighted by Gasteiger charge is -2.35. The lowest BCUT2D eigenvalue weighted by molar-refractivity contribution is -0.132. The lowest BCUT2D eigenvalue weighted by Crippen LogP contribution is -2.54. The van der Waals surface area contributed by atoms with Crippen LogP contribution < -0.4 is 5.32 Å². The van der Waals surface area contributed by atoms with Crippen LogP contribution in [0.3, 0.4) is 0 Å². The first kappa shape index (κ1) is 13.7. The third-order valence-corrected chi connectivity index (χ3v) is 3.73. The number of nitrogens with zero attached hydrogens (tertiary/aromatic N) is 2. The molecule has 0 saturated carbocycles. The Morgan fingerprint density at radius 3 is 2.84 bits per heavy atom. The number of nitrogens with one attached hydrogen (secondary N) is 1. The molecule has 1 atom stereocenters. The number of carbonyl (C=O) groups is 3. The molecule has 1 aromatic heterocycles. The van der Waals surface area contributed by atoms with Crippen LogP contribution in [-0.2, 0) is 9.59 Å². The van der Waals surface area contributed by atoms with Crippen molar-refractivity contribution >= 4 is 28.9 Å². The number of aromatic nitrogens is 1. The summed E-state index contributed by atoms with van der Waals surface area (Å²) in [6, 6.07) is 0. The Morgan fingerprint density at radius 1 is 1.42 bits per heavy atom. The number of hydrogen-bond donors (Lipinski definition) is 1. The average molecular weight is 281 g/mol. The highest BCUT2D eigenvalue weighted by molar-refractivity contribution is 7.12. The van der Waals surface area contributed by atoms with E-state index in [1.165, 1.54) is 18.0 Å². The molecular weight excluding hydrogens is 266 g/mol. The molecule has 7 heteroatoms. The van der Waals surface area contributed by atoms with Gasteiger partial charge >= 0.3 is 0 Å².